The van der Waals surface area contributed by atoms with E-state index in [1.54, 1.807) is 0 Å². The molecule has 0 saturated heterocycles. The Morgan fingerprint density at radius 1 is 0.919 bits per heavy atom. The standard InChI is InChI=1S/C32H42N4O/c1-22(2)27-13-10-14-28(23(3)4)30(27)35-32(37)36(21-24-16-18-26(33)19-17-24)31(25-11-6-5-7-12-25)29-15-8-9-20-34-29/h8-10,13-20,22-23,25,31H,5-7,11-12,21,33H2,1-4H3,(H,35,37). The van der Waals surface area contributed by atoms with Crippen LogP contribution in [-0.4, -0.2) is 15.9 Å². The molecular weight excluding hydrogens is 456 g/mol. The molecule has 2 aromatic carbocycles. The zero-order valence-electron chi connectivity index (χ0n) is 22.8. The number of nitrogen functional groups attached to an aromatic ring is 1. The smallest absolute Gasteiger partial charge is 0.322 e. The maximum absolute atomic E-state index is 14.4. The third kappa shape index (κ3) is 6.51. The summed E-state index contributed by atoms with van der Waals surface area (Å²) in [6.07, 6.45) is 7.70. The molecule has 2 amide bonds. The van der Waals surface area contributed by atoms with E-state index in [4.69, 9.17) is 10.7 Å². The molecule has 0 spiro atoms. The molecule has 0 bridgehead atoms. The molecule has 1 saturated carbocycles. The maximum Gasteiger partial charge on any atom is 0.322 e. The fourth-order valence-electron chi connectivity index (χ4n) is 5.65. The summed E-state index contributed by atoms with van der Waals surface area (Å²) in [5.74, 6) is 0.960. The SMILES string of the molecule is CC(C)c1cccc(C(C)C)c1NC(=O)N(Cc1ccc(N)cc1)C(c1ccccn1)C1CCCCC1. The summed E-state index contributed by atoms with van der Waals surface area (Å²) in [6.45, 7) is 9.21. The molecule has 1 aliphatic carbocycles. The molecule has 0 radical (unpaired) electrons. The van der Waals surface area contributed by atoms with Gasteiger partial charge in [-0.05, 0) is 71.6 Å². The van der Waals surface area contributed by atoms with Crippen LogP contribution >= 0.6 is 0 Å². The van der Waals surface area contributed by atoms with Gasteiger partial charge in [-0.25, -0.2) is 4.79 Å². The highest BCUT2D eigenvalue weighted by Gasteiger charge is 2.34. The van der Waals surface area contributed by atoms with Crippen LogP contribution in [0, 0.1) is 5.92 Å². The van der Waals surface area contributed by atoms with Crippen molar-refractivity contribution in [2.24, 2.45) is 5.92 Å². The number of carbonyl (C=O) groups excluding carboxylic acids is 1. The molecule has 1 aliphatic rings. The predicted molar refractivity (Wildman–Crippen MR) is 154 cm³/mol. The van der Waals surface area contributed by atoms with Crippen LogP contribution in [0.5, 0.6) is 0 Å². The summed E-state index contributed by atoms with van der Waals surface area (Å²) >= 11 is 0. The van der Waals surface area contributed by atoms with E-state index < -0.39 is 0 Å². The van der Waals surface area contributed by atoms with Gasteiger partial charge in [-0.3, -0.25) is 4.98 Å². The van der Waals surface area contributed by atoms with E-state index in [1.165, 1.54) is 30.4 Å². The fraction of sp³-hybridized carbons (Fsp3) is 0.438. The molecule has 1 aromatic heterocycles. The predicted octanol–water partition coefficient (Wildman–Crippen LogP) is 8.27. The van der Waals surface area contributed by atoms with Crippen molar-refractivity contribution in [3.8, 4) is 0 Å². The topological polar surface area (TPSA) is 71.2 Å². The molecule has 1 fully saturated rings. The highest BCUT2D eigenvalue weighted by atomic mass is 16.2. The van der Waals surface area contributed by atoms with E-state index in [0.29, 0.717) is 24.3 Å². The fourth-order valence-corrected chi connectivity index (χ4v) is 5.65. The van der Waals surface area contributed by atoms with Gasteiger partial charge in [0.1, 0.15) is 0 Å². The summed E-state index contributed by atoms with van der Waals surface area (Å²) in [5, 5.41) is 3.40. The number of aromatic nitrogens is 1. The van der Waals surface area contributed by atoms with Gasteiger partial charge in [0.2, 0.25) is 0 Å². The molecule has 3 aromatic rings. The number of hydrogen-bond donors (Lipinski definition) is 2. The summed E-state index contributed by atoms with van der Waals surface area (Å²) in [6, 6.07) is 20.1. The van der Waals surface area contributed by atoms with Crippen molar-refractivity contribution in [1.29, 1.82) is 0 Å². The molecule has 3 N–H and O–H groups in total. The van der Waals surface area contributed by atoms with Crippen LogP contribution in [0.3, 0.4) is 0 Å². The van der Waals surface area contributed by atoms with E-state index in [2.05, 4.69) is 57.3 Å². The van der Waals surface area contributed by atoms with Crippen molar-refractivity contribution in [2.45, 2.75) is 84.2 Å². The third-order valence-corrected chi connectivity index (χ3v) is 7.62. The van der Waals surface area contributed by atoms with Crippen LogP contribution in [0.1, 0.15) is 100 Å². The molecule has 1 heterocycles. The second-order valence-corrected chi connectivity index (χ2v) is 11.0. The number of carbonyl (C=O) groups is 1. The zero-order valence-corrected chi connectivity index (χ0v) is 22.8. The van der Waals surface area contributed by atoms with Gasteiger partial charge in [0.05, 0.1) is 11.7 Å². The number of hydrogen-bond acceptors (Lipinski definition) is 3. The highest BCUT2D eigenvalue weighted by molar-refractivity contribution is 5.91. The summed E-state index contributed by atoms with van der Waals surface area (Å²) in [5.41, 5.74) is 12.0. The molecule has 196 valence electrons. The van der Waals surface area contributed by atoms with Crippen LogP contribution in [-0.2, 0) is 6.54 Å². The Kier molecular flexibility index (Phi) is 8.86. The van der Waals surface area contributed by atoms with Crippen molar-refractivity contribution in [2.75, 3.05) is 11.1 Å². The summed E-state index contributed by atoms with van der Waals surface area (Å²) < 4.78 is 0. The number of nitrogens with two attached hydrogens (primary N) is 1. The minimum absolute atomic E-state index is 0.0759. The van der Waals surface area contributed by atoms with Gasteiger partial charge in [0, 0.05) is 24.1 Å². The minimum Gasteiger partial charge on any atom is -0.399 e. The third-order valence-electron chi connectivity index (χ3n) is 7.62. The lowest BCUT2D eigenvalue weighted by atomic mass is 9.81. The summed E-state index contributed by atoms with van der Waals surface area (Å²) in [4.78, 5) is 21.1. The minimum atomic E-state index is -0.104. The van der Waals surface area contributed by atoms with Crippen molar-refractivity contribution in [3.63, 3.8) is 0 Å². The first-order valence-corrected chi connectivity index (χ1v) is 13.8. The molecular formula is C32H42N4O. The van der Waals surface area contributed by atoms with Gasteiger partial charge in [-0.2, -0.15) is 0 Å². The Hall–Kier alpha value is -3.34. The normalized spacial score (nSPS) is 15.1. The highest BCUT2D eigenvalue weighted by Crippen LogP contribution is 2.40. The number of nitrogens with one attached hydrogen (secondary N) is 1. The van der Waals surface area contributed by atoms with E-state index in [9.17, 15) is 4.79 Å². The Morgan fingerprint density at radius 3 is 2.14 bits per heavy atom. The Balaban J connectivity index is 1.78. The van der Waals surface area contributed by atoms with Crippen molar-refractivity contribution in [3.05, 3.63) is 89.2 Å². The first-order chi connectivity index (χ1) is 17.8. The Bertz CT molecular complexity index is 1120. The lowest BCUT2D eigenvalue weighted by Gasteiger charge is -2.39. The second-order valence-electron chi connectivity index (χ2n) is 11.0. The first-order valence-electron chi connectivity index (χ1n) is 13.8. The Labute approximate surface area is 222 Å². The van der Waals surface area contributed by atoms with Crippen LogP contribution < -0.4 is 11.1 Å². The van der Waals surface area contributed by atoms with Crippen LogP contribution in [0.2, 0.25) is 0 Å². The molecule has 4 rings (SSSR count). The van der Waals surface area contributed by atoms with E-state index in [-0.39, 0.29) is 12.1 Å². The number of rotatable bonds is 8. The molecule has 5 heteroatoms. The van der Waals surface area contributed by atoms with Crippen LogP contribution in [0.25, 0.3) is 0 Å². The first kappa shape index (κ1) is 26.7. The van der Waals surface area contributed by atoms with Gasteiger partial charge in [0.15, 0.2) is 0 Å². The van der Waals surface area contributed by atoms with Gasteiger partial charge in [-0.1, -0.05) is 83.4 Å². The number of anilines is 2. The van der Waals surface area contributed by atoms with Crippen LogP contribution in [0.15, 0.2) is 66.9 Å². The van der Waals surface area contributed by atoms with Crippen molar-refractivity contribution < 1.29 is 4.79 Å². The van der Waals surface area contributed by atoms with Gasteiger partial charge >= 0.3 is 6.03 Å². The number of benzene rings is 2. The molecule has 37 heavy (non-hydrogen) atoms. The number of amides is 2. The van der Waals surface area contributed by atoms with E-state index >= 15 is 0 Å². The van der Waals surface area contributed by atoms with E-state index in [1.807, 2.05) is 47.5 Å². The molecule has 5 nitrogen and oxygen atoms in total. The van der Waals surface area contributed by atoms with Crippen molar-refractivity contribution >= 4 is 17.4 Å². The summed E-state index contributed by atoms with van der Waals surface area (Å²) in [7, 11) is 0. The monoisotopic (exact) mass is 498 g/mol. The molecule has 0 aliphatic heterocycles. The lowest BCUT2D eigenvalue weighted by molar-refractivity contribution is 0.131. The lowest BCUT2D eigenvalue weighted by Crippen LogP contribution is -2.42. The number of urea groups is 1. The largest absolute Gasteiger partial charge is 0.399 e. The Morgan fingerprint density at radius 2 is 1.57 bits per heavy atom. The number of pyridine rings is 1. The number of nitrogens with zero attached hydrogens (tertiary/aromatic N) is 2. The van der Waals surface area contributed by atoms with E-state index in [0.717, 1.165) is 35.5 Å². The van der Waals surface area contributed by atoms with Crippen molar-refractivity contribution in [1.82, 2.24) is 9.88 Å². The van der Waals surface area contributed by atoms with Gasteiger partial charge in [0.25, 0.3) is 0 Å². The van der Waals surface area contributed by atoms with Gasteiger partial charge < -0.3 is 16.0 Å². The average Bonchev–Trinajstić information content (AvgIpc) is 2.90. The molecule has 1 unspecified atom stereocenters. The quantitative estimate of drug-likeness (QED) is 0.307. The average molecular weight is 499 g/mol. The van der Waals surface area contributed by atoms with Crippen LogP contribution in [0.4, 0.5) is 16.2 Å². The maximum atomic E-state index is 14.4. The second kappa shape index (κ2) is 12.3. The zero-order chi connectivity index (χ0) is 26.4. The number of para-hydroxylation sites is 1. The van der Waals surface area contributed by atoms with Gasteiger partial charge in [-0.15, -0.1) is 0 Å². The molecule has 1 atom stereocenters.